The molecule has 8 heteroatoms. The number of rotatable bonds is 7. The molecule has 0 aliphatic rings. The lowest BCUT2D eigenvalue weighted by atomic mass is 9.91. The predicted molar refractivity (Wildman–Crippen MR) is 134 cm³/mol. The Balaban J connectivity index is 1.43. The van der Waals surface area contributed by atoms with Crippen LogP contribution in [0.4, 0.5) is 8.78 Å². The molecule has 3 aromatic carbocycles. The van der Waals surface area contributed by atoms with Crippen molar-refractivity contribution >= 4 is 22.3 Å². The summed E-state index contributed by atoms with van der Waals surface area (Å²) in [5, 5.41) is 14.1. The number of aromatic nitrogens is 1. The van der Waals surface area contributed by atoms with Gasteiger partial charge in [-0.1, -0.05) is 31.2 Å². The fourth-order valence-electron chi connectivity index (χ4n) is 4.12. The van der Waals surface area contributed by atoms with Gasteiger partial charge in [0.05, 0.1) is 0 Å². The van der Waals surface area contributed by atoms with Crippen LogP contribution in [0.1, 0.15) is 29.5 Å². The van der Waals surface area contributed by atoms with Gasteiger partial charge in [-0.15, -0.1) is 11.3 Å². The lowest BCUT2D eigenvalue weighted by Gasteiger charge is -2.25. The maximum absolute atomic E-state index is 14.5. The molecule has 0 fully saturated rings. The largest absolute Gasteiger partial charge is 0.489 e. The van der Waals surface area contributed by atoms with Gasteiger partial charge in [0.1, 0.15) is 40.2 Å². The van der Waals surface area contributed by atoms with Gasteiger partial charge in [0.25, 0.3) is 0 Å². The Bertz CT molecular complexity index is 1580. The van der Waals surface area contributed by atoms with Gasteiger partial charge in [0.15, 0.2) is 0 Å². The van der Waals surface area contributed by atoms with Crippen molar-refractivity contribution < 1.29 is 23.0 Å². The third kappa shape index (κ3) is 4.65. The zero-order chi connectivity index (χ0) is 25.3. The number of hydrogen-bond acceptors (Lipinski definition) is 6. The molecule has 2 heterocycles. The molecule has 0 aliphatic carbocycles. The van der Waals surface area contributed by atoms with Gasteiger partial charge in [-0.25, -0.2) is 18.6 Å². The summed E-state index contributed by atoms with van der Waals surface area (Å²) in [5.41, 5.74) is 0.751. The molecule has 5 rings (SSSR count). The summed E-state index contributed by atoms with van der Waals surface area (Å²) in [6, 6.07) is 16.7. The number of nitrogens with zero attached hydrogens (tertiary/aromatic N) is 1. The zero-order valence-corrected chi connectivity index (χ0v) is 20.0. The van der Waals surface area contributed by atoms with E-state index in [1.165, 1.54) is 41.7 Å². The minimum absolute atomic E-state index is 0.0745. The van der Waals surface area contributed by atoms with E-state index in [0.717, 1.165) is 0 Å². The molecule has 2 aromatic heterocycles. The molecule has 0 spiro atoms. The van der Waals surface area contributed by atoms with E-state index in [0.29, 0.717) is 44.7 Å². The van der Waals surface area contributed by atoms with Gasteiger partial charge in [0.2, 0.25) is 0 Å². The first-order valence-electron chi connectivity index (χ1n) is 11.2. The van der Waals surface area contributed by atoms with Crippen LogP contribution >= 0.6 is 11.3 Å². The van der Waals surface area contributed by atoms with Crippen LogP contribution in [0.3, 0.4) is 0 Å². The first kappa shape index (κ1) is 23.8. The standard InChI is InChI=1S/C28H21F2NO4S/c1-2-28(33,27-31-9-10-36-27)19-12-21(30)14-22(13-19)34-16-17-3-8-23-24(15-26(32)35-25(23)11-17)18-4-6-20(29)7-5-18/h3-15,33H,2,16H2,1H3. The Labute approximate surface area is 209 Å². The fraction of sp³-hybridized carbons (Fsp3) is 0.143. The summed E-state index contributed by atoms with van der Waals surface area (Å²) in [5.74, 6) is -0.663. The second-order valence-electron chi connectivity index (χ2n) is 8.33. The van der Waals surface area contributed by atoms with E-state index < -0.39 is 17.0 Å². The second kappa shape index (κ2) is 9.64. The molecule has 0 aliphatic heterocycles. The van der Waals surface area contributed by atoms with Crippen molar-refractivity contribution in [1.82, 2.24) is 4.98 Å². The monoisotopic (exact) mass is 505 g/mol. The third-order valence-corrected chi connectivity index (χ3v) is 6.94. The molecular weight excluding hydrogens is 484 g/mol. The minimum Gasteiger partial charge on any atom is -0.489 e. The third-order valence-electron chi connectivity index (χ3n) is 6.02. The molecule has 5 aromatic rings. The summed E-state index contributed by atoms with van der Waals surface area (Å²) in [7, 11) is 0. The van der Waals surface area contributed by atoms with Crippen molar-refractivity contribution in [2.24, 2.45) is 0 Å². The van der Waals surface area contributed by atoms with E-state index >= 15 is 0 Å². The van der Waals surface area contributed by atoms with Gasteiger partial charge in [-0.2, -0.15) is 0 Å². The molecule has 0 bridgehead atoms. The zero-order valence-electron chi connectivity index (χ0n) is 19.2. The highest BCUT2D eigenvalue weighted by Gasteiger charge is 2.33. The number of benzene rings is 3. The Kier molecular flexibility index (Phi) is 6.38. The van der Waals surface area contributed by atoms with Gasteiger partial charge in [0, 0.05) is 29.1 Å². The fourth-order valence-corrected chi connectivity index (χ4v) is 4.95. The number of aliphatic hydroxyl groups is 1. The number of fused-ring (bicyclic) bond motifs is 1. The molecule has 0 amide bonds. The number of halogens is 2. The van der Waals surface area contributed by atoms with E-state index in [1.807, 2.05) is 6.07 Å². The van der Waals surface area contributed by atoms with Crippen molar-refractivity contribution in [2.75, 3.05) is 0 Å². The molecule has 1 atom stereocenters. The van der Waals surface area contributed by atoms with E-state index in [2.05, 4.69) is 4.98 Å². The van der Waals surface area contributed by atoms with Crippen LogP contribution in [0, 0.1) is 11.6 Å². The van der Waals surface area contributed by atoms with E-state index in [4.69, 9.17) is 9.15 Å². The lowest BCUT2D eigenvalue weighted by Crippen LogP contribution is -2.26. The molecule has 1 unspecified atom stereocenters. The highest BCUT2D eigenvalue weighted by molar-refractivity contribution is 7.09. The summed E-state index contributed by atoms with van der Waals surface area (Å²) in [6.07, 6.45) is 1.90. The SMILES string of the molecule is CCC(O)(c1cc(F)cc(OCc2ccc3c(-c4ccc(F)cc4)cc(=O)oc3c2)c1)c1nccs1. The summed E-state index contributed by atoms with van der Waals surface area (Å²) in [4.78, 5) is 16.4. The Morgan fingerprint density at radius 2 is 1.83 bits per heavy atom. The van der Waals surface area contributed by atoms with Crippen LogP contribution in [0.5, 0.6) is 5.75 Å². The first-order valence-corrected chi connectivity index (χ1v) is 12.1. The second-order valence-corrected chi connectivity index (χ2v) is 9.23. The summed E-state index contributed by atoms with van der Waals surface area (Å²) >= 11 is 1.29. The molecule has 5 nitrogen and oxygen atoms in total. The highest BCUT2D eigenvalue weighted by Crippen LogP contribution is 2.36. The first-order chi connectivity index (χ1) is 17.4. The summed E-state index contributed by atoms with van der Waals surface area (Å²) in [6.45, 7) is 1.88. The van der Waals surface area contributed by atoms with Gasteiger partial charge in [-0.05, 0) is 59.0 Å². The van der Waals surface area contributed by atoms with Gasteiger partial charge < -0.3 is 14.3 Å². The van der Waals surface area contributed by atoms with Crippen molar-refractivity contribution in [3.8, 4) is 16.9 Å². The highest BCUT2D eigenvalue weighted by atomic mass is 32.1. The number of hydrogen-bond donors (Lipinski definition) is 1. The number of ether oxygens (including phenoxy) is 1. The molecule has 36 heavy (non-hydrogen) atoms. The predicted octanol–water partition coefficient (Wildman–Crippen LogP) is 6.42. The maximum Gasteiger partial charge on any atom is 0.336 e. The summed E-state index contributed by atoms with van der Waals surface area (Å²) < 4.78 is 39.1. The van der Waals surface area contributed by atoms with E-state index in [-0.39, 0.29) is 18.2 Å². The van der Waals surface area contributed by atoms with Gasteiger partial charge in [-0.3, -0.25) is 0 Å². The molecule has 1 N–H and O–H groups in total. The molecular formula is C28H21F2NO4S. The Morgan fingerprint density at radius 3 is 2.56 bits per heavy atom. The molecule has 0 saturated carbocycles. The topological polar surface area (TPSA) is 72.6 Å². The smallest absolute Gasteiger partial charge is 0.336 e. The number of thiazole rings is 1. The molecule has 0 radical (unpaired) electrons. The van der Waals surface area contributed by atoms with Crippen LogP contribution in [-0.4, -0.2) is 10.1 Å². The minimum atomic E-state index is -1.43. The van der Waals surface area contributed by atoms with Crippen LogP contribution in [0.25, 0.3) is 22.1 Å². The van der Waals surface area contributed by atoms with Gasteiger partial charge >= 0.3 is 5.63 Å². The quantitative estimate of drug-likeness (QED) is 0.259. The van der Waals surface area contributed by atoms with Crippen molar-refractivity contribution in [3.63, 3.8) is 0 Å². The van der Waals surface area contributed by atoms with Crippen LogP contribution < -0.4 is 10.4 Å². The van der Waals surface area contributed by atoms with E-state index in [1.54, 1.807) is 48.8 Å². The lowest BCUT2D eigenvalue weighted by molar-refractivity contribution is 0.0755. The Morgan fingerprint density at radius 1 is 1.03 bits per heavy atom. The molecule has 0 saturated heterocycles. The van der Waals surface area contributed by atoms with E-state index in [9.17, 15) is 18.7 Å². The average molecular weight is 506 g/mol. The van der Waals surface area contributed by atoms with Crippen LogP contribution in [0.15, 0.2) is 87.5 Å². The van der Waals surface area contributed by atoms with Crippen LogP contribution in [-0.2, 0) is 12.2 Å². The van der Waals surface area contributed by atoms with Crippen molar-refractivity contribution in [1.29, 1.82) is 0 Å². The van der Waals surface area contributed by atoms with Crippen LogP contribution in [0.2, 0.25) is 0 Å². The van der Waals surface area contributed by atoms with Crippen molar-refractivity contribution in [3.05, 3.63) is 116 Å². The van der Waals surface area contributed by atoms with Crippen molar-refractivity contribution in [2.45, 2.75) is 25.6 Å². The average Bonchev–Trinajstić information content (AvgIpc) is 3.42. The normalized spacial score (nSPS) is 13.0. The maximum atomic E-state index is 14.5. The Hall–Kier alpha value is -3.88. The molecule has 182 valence electrons.